The molecular weight excluding hydrogens is 215 g/mol. The van der Waals surface area contributed by atoms with Gasteiger partial charge in [0.25, 0.3) is 0 Å². The topological polar surface area (TPSA) is 0 Å². The summed E-state index contributed by atoms with van der Waals surface area (Å²) in [7, 11) is 0. The average Bonchev–Trinajstić information content (AvgIpc) is 1.65. The Morgan fingerprint density at radius 2 is 2.00 bits per heavy atom. The van der Waals surface area contributed by atoms with Crippen LogP contribution in [-0.4, -0.2) is 6.29 Å². The normalized spacial score (nSPS) is 15.0. The summed E-state index contributed by atoms with van der Waals surface area (Å²) in [5.41, 5.74) is 0.991. The van der Waals surface area contributed by atoms with Gasteiger partial charge in [0.15, 0.2) is 0 Å². The highest BCUT2D eigenvalue weighted by Gasteiger charge is 2.05. The Balaban J connectivity index is 3.14. The molecule has 0 nitrogen and oxygen atoms in total. The van der Waals surface area contributed by atoms with Crippen LogP contribution in [0, 0.1) is 0 Å². The second kappa shape index (κ2) is 3.89. The van der Waals surface area contributed by atoms with E-state index in [1.54, 1.807) is 0 Å². The lowest BCUT2D eigenvalue weighted by Crippen LogP contribution is -2.03. The van der Waals surface area contributed by atoms with Gasteiger partial charge in [0.1, 0.15) is 6.29 Å². The van der Waals surface area contributed by atoms with Crippen LogP contribution in [0.1, 0.15) is 20.8 Å². The van der Waals surface area contributed by atoms with Crippen LogP contribution in [0.4, 0.5) is 0 Å². The van der Waals surface area contributed by atoms with Crippen LogP contribution in [0.3, 0.4) is 0 Å². The van der Waals surface area contributed by atoms with Gasteiger partial charge in [-0.1, -0.05) is 26.8 Å². The Morgan fingerprint density at radius 1 is 1.57 bits per heavy atom. The van der Waals surface area contributed by atoms with E-state index in [-0.39, 0.29) is 6.29 Å². The van der Waals surface area contributed by atoms with Gasteiger partial charge in [0, 0.05) is 0 Å². The zero-order valence-corrected chi connectivity index (χ0v) is 8.55. The SMILES string of the molecule is CC[SiH](I)C(C)C. The van der Waals surface area contributed by atoms with Crippen molar-refractivity contribution >= 4 is 28.1 Å². The van der Waals surface area contributed by atoms with Crippen molar-refractivity contribution in [1.82, 2.24) is 0 Å². The summed E-state index contributed by atoms with van der Waals surface area (Å²) < 4.78 is 0. The maximum absolute atomic E-state index is 2.63. The summed E-state index contributed by atoms with van der Waals surface area (Å²) in [6, 6.07) is 1.44. The molecule has 0 saturated carbocycles. The minimum Gasteiger partial charge on any atom is -0.123 e. The number of hydrogen-bond donors (Lipinski definition) is 0. The smallest absolute Gasteiger partial charge is 0.112 e. The van der Waals surface area contributed by atoms with Crippen LogP contribution < -0.4 is 0 Å². The molecule has 0 aliphatic carbocycles. The first-order chi connectivity index (χ1) is 3.18. The maximum atomic E-state index is 2.63. The second-order valence-corrected chi connectivity index (χ2v) is 10.1. The second-order valence-electron chi connectivity index (χ2n) is 2.17. The molecular formula is C5H13ISi. The lowest BCUT2D eigenvalue weighted by atomic mass is 10.6. The van der Waals surface area contributed by atoms with Crippen molar-refractivity contribution in [2.45, 2.75) is 32.4 Å². The van der Waals surface area contributed by atoms with Gasteiger partial charge in [-0.15, -0.1) is 21.8 Å². The number of hydrogen-bond acceptors (Lipinski definition) is 0. The molecule has 44 valence electrons. The van der Waals surface area contributed by atoms with Crippen molar-refractivity contribution in [2.24, 2.45) is 0 Å². The zero-order valence-electron chi connectivity index (χ0n) is 5.24. The molecule has 0 heterocycles. The van der Waals surface area contributed by atoms with E-state index in [4.69, 9.17) is 0 Å². The molecule has 0 aliphatic rings. The van der Waals surface area contributed by atoms with Gasteiger partial charge in [-0.25, -0.2) is 0 Å². The van der Waals surface area contributed by atoms with E-state index in [1.807, 2.05) is 0 Å². The Kier molecular flexibility index (Phi) is 4.42. The van der Waals surface area contributed by atoms with E-state index in [0.717, 1.165) is 5.54 Å². The average molecular weight is 228 g/mol. The van der Waals surface area contributed by atoms with Crippen molar-refractivity contribution in [2.75, 3.05) is 0 Å². The molecule has 0 rings (SSSR count). The monoisotopic (exact) mass is 228 g/mol. The van der Waals surface area contributed by atoms with Gasteiger partial charge in [-0.3, -0.25) is 0 Å². The summed E-state index contributed by atoms with van der Waals surface area (Å²) in [6.07, 6.45) is -0.285. The molecule has 0 aliphatic heterocycles. The quantitative estimate of drug-likeness (QED) is 0.387. The van der Waals surface area contributed by atoms with Crippen LogP contribution in [0.15, 0.2) is 0 Å². The van der Waals surface area contributed by atoms with E-state index >= 15 is 0 Å². The van der Waals surface area contributed by atoms with E-state index in [1.165, 1.54) is 6.04 Å². The third-order valence-corrected chi connectivity index (χ3v) is 10.3. The Morgan fingerprint density at radius 3 is 2.00 bits per heavy atom. The number of halogens is 1. The summed E-state index contributed by atoms with van der Waals surface area (Å²) in [4.78, 5) is 0. The van der Waals surface area contributed by atoms with Crippen LogP contribution >= 0.6 is 21.8 Å². The maximum Gasteiger partial charge on any atom is 0.112 e. The Bertz CT molecular complexity index is 45.3. The fourth-order valence-corrected chi connectivity index (χ4v) is 1.41. The largest absolute Gasteiger partial charge is 0.123 e. The van der Waals surface area contributed by atoms with Crippen molar-refractivity contribution in [3.05, 3.63) is 0 Å². The van der Waals surface area contributed by atoms with Gasteiger partial charge in [0.05, 0.1) is 0 Å². The number of rotatable bonds is 2. The van der Waals surface area contributed by atoms with Crippen molar-refractivity contribution in [3.63, 3.8) is 0 Å². The van der Waals surface area contributed by atoms with Crippen LogP contribution in [-0.2, 0) is 0 Å². The predicted molar refractivity (Wildman–Crippen MR) is 46.7 cm³/mol. The molecule has 0 saturated heterocycles. The molecule has 7 heavy (non-hydrogen) atoms. The molecule has 0 fully saturated rings. The first-order valence-corrected chi connectivity index (χ1v) is 8.48. The van der Waals surface area contributed by atoms with Crippen molar-refractivity contribution in [3.8, 4) is 0 Å². The Hall–Kier alpha value is 0.947. The van der Waals surface area contributed by atoms with Crippen molar-refractivity contribution < 1.29 is 0 Å². The van der Waals surface area contributed by atoms with Gasteiger partial charge < -0.3 is 0 Å². The fourth-order valence-electron chi connectivity index (χ4n) is 0.471. The van der Waals surface area contributed by atoms with E-state index in [0.29, 0.717) is 0 Å². The minimum absolute atomic E-state index is 0.285. The van der Waals surface area contributed by atoms with E-state index < -0.39 is 0 Å². The third-order valence-electron chi connectivity index (χ3n) is 1.11. The minimum atomic E-state index is -0.285. The molecule has 0 radical (unpaired) electrons. The van der Waals surface area contributed by atoms with Gasteiger partial charge >= 0.3 is 0 Å². The highest BCUT2D eigenvalue weighted by atomic mass is 127. The van der Waals surface area contributed by atoms with Crippen molar-refractivity contribution in [1.29, 1.82) is 0 Å². The van der Waals surface area contributed by atoms with E-state index in [9.17, 15) is 0 Å². The van der Waals surface area contributed by atoms with Crippen LogP contribution in [0.5, 0.6) is 0 Å². The Labute approximate surface area is 60.5 Å². The lowest BCUT2D eigenvalue weighted by molar-refractivity contribution is 1.04. The zero-order chi connectivity index (χ0) is 5.86. The molecule has 0 spiro atoms. The molecule has 0 amide bonds. The lowest BCUT2D eigenvalue weighted by Gasteiger charge is -2.06. The van der Waals surface area contributed by atoms with Crippen LogP contribution in [0.25, 0.3) is 0 Å². The summed E-state index contributed by atoms with van der Waals surface area (Å²) in [5, 5.41) is 0. The highest BCUT2D eigenvalue weighted by Crippen LogP contribution is 2.16. The van der Waals surface area contributed by atoms with Gasteiger partial charge in [-0.05, 0) is 5.54 Å². The summed E-state index contributed by atoms with van der Waals surface area (Å²) in [5.74, 6) is 0. The van der Waals surface area contributed by atoms with Gasteiger partial charge in [-0.2, -0.15) is 0 Å². The molecule has 1 atom stereocenters. The van der Waals surface area contributed by atoms with Crippen LogP contribution in [0.2, 0.25) is 11.6 Å². The van der Waals surface area contributed by atoms with E-state index in [2.05, 4.69) is 42.6 Å². The molecule has 0 aromatic rings. The first kappa shape index (κ1) is 7.95. The molecule has 2 heteroatoms. The van der Waals surface area contributed by atoms with Gasteiger partial charge in [0.2, 0.25) is 0 Å². The standard InChI is InChI=1S/C5H13ISi/c1-4-7(6)5(2)3/h5,7H,4H2,1-3H3. The molecule has 1 unspecified atom stereocenters. The first-order valence-electron chi connectivity index (χ1n) is 2.82. The highest BCUT2D eigenvalue weighted by molar-refractivity contribution is 14.1. The predicted octanol–water partition coefficient (Wildman–Crippen LogP) is 2.58. The molecule has 0 aromatic carbocycles. The summed E-state index contributed by atoms with van der Waals surface area (Å²) >= 11 is 2.63. The molecule has 0 bridgehead atoms. The molecule has 0 aromatic heterocycles. The third kappa shape index (κ3) is 3.52. The fraction of sp³-hybridized carbons (Fsp3) is 1.00. The molecule has 0 N–H and O–H groups in total. The summed E-state index contributed by atoms with van der Waals surface area (Å²) in [6.45, 7) is 6.95.